The quantitative estimate of drug-likeness (QED) is 0.758. The van der Waals surface area contributed by atoms with Crippen LogP contribution in [0.15, 0.2) is 48.9 Å². The largest absolute Gasteiger partial charge is 0.369 e. The maximum atomic E-state index is 4.45. The van der Waals surface area contributed by atoms with Gasteiger partial charge < -0.3 is 10.6 Å². The maximum Gasteiger partial charge on any atom is 0.151 e. The van der Waals surface area contributed by atoms with E-state index in [0.29, 0.717) is 5.82 Å². The van der Waals surface area contributed by atoms with Gasteiger partial charge in [-0.2, -0.15) is 0 Å². The van der Waals surface area contributed by atoms with Crippen LogP contribution in [0.25, 0.3) is 10.9 Å². The number of aromatic nitrogens is 3. The summed E-state index contributed by atoms with van der Waals surface area (Å²) in [5.41, 5.74) is 1.84. The van der Waals surface area contributed by atoms with Crippen LogP contribution in [0.3, 0.4) is 0 Å². The lowest BCUT2D eigenvalue weighted by Gasteiger charge is -2.09. The van der Waals surface area contributed by atoms with Gasteiger partial charge in [0.2, 0.25) is 0 Å². The van der Waals surface area contributed by atoms with Crippen LogP contribution >= 0.6 is 0 Å². The number of anilines is 3. The van der Waals surface area contributed by atoms with E-state index < -0.39 is 0 Å². The molecule has 0 spiro atoms. The first-order valence-electron chi connectivity index (χ1n) is 6.53. The third-order valence-corrected chi connectivity index (χ3v) is 2.89. The minimum Gasteiger partial charge on any atom is -0.369 e. The number of rotatable bonds is 4. The van der Waals surface area contributed by atoms with Crippen LogP contribution in [0, 0.1) is 0 Å². The monoisotopic (exact) mass is 265 g/mol. The highest BCUT2D eigenvalue weighted by atomic mass is 15.1. The number of para-hydroxylation sites is 1. The second kappa shape index (κ2) is 5.52. The van der Waals surface area contributed by atoms with Gasteiger partial charge in [0.1, 0.15) is 5.82 Å². The molecular weight excluding hydrogens is 250 g/mol. The molecule has 5 nitrogen and oxygen atoms in total. The predicted molar refractivity (Wildman–Crippen MR) is 81.2 cm³/mol. The average molecular weight is 265 g/mol. The fourth-order valence-electron chi connectivity index (χ4n) is 2.04. The number of nitrogens with one attached hydrogen (secondary N) is 2. The molecule has 20 heavy (non-hydrogen) atoms. The highest BCUT2D eigenvalue weighted by Gasteiger charge is 2.03. The Bertz CT molecular complexity index is 721. The van der Waals surface area contributed by atoms with Crippen molar-refractivity contribution in [2.75, 3.05) is 17.2 Å². The van der Waals surface area contributed by atoms with Gasteiger partial charge in [-0.1, -0.05) is 18.2 Å². The molecule has 2 heterocycles. The Kier molecular flexibility index (Phi) is 3.41. The van der Waals surface area contributed by atoms with Gasteiger partial charge in [-0.25, -0.2) is 4.98 Å². The third kappa shape index (κ3) is 2.51. The molecule has 0 saturated carbocycles. The molecule has 0 unspecified atom stereocenters. The number of fused-ring (bicyclic) bond motifs is 1. The minimum absolute atomic E-state index is 0.696. The van der Waals surface area contributed by atoms with Crippen molar-refractivity contribution in [3.05, 3.63) is 48.9 Å². The zero-order valence-electron chi connectivity index (χ0n) is 11.2. The minimum atomic E-state index is 0.696. The van der Waals surface area contributed by atoms with Gasteiger partial charge >= 0.3 is 0 Å². The van der Waals surface area contributed by atoms with Crippen LogP contribution < -0.4 is 10.6 Å². The molecule has 0 saturated heterocycles. The van der Waals surface area contributed by atoms with E-state index in [9.17, 15) is 0 Å². The van der Waals surface area contributed by atoms with Gasteiger partial charge in [0, 0.05) is 18.1 Å². The van der Waals surface area contributed by atoms with Crippen LogP contribution in [0.2, 0.25) is 0 Å². The van der Waals surface area contributed by atoms with Crippen molar-refractivity contribution < 1.29 is 0 Å². The standard InChI is InChI=1S/C15H15N5/c1-2-17-13-9-16-10-14(20-13)19-12-7-3-5-11-6-4-8-18-15(11)12/h3-10H,2H2,1H3,(H2,17,19,20). The molecular formula is C15H15N5. The Morgan fingerprint density at radius 2 is 1.90 bits per heavy atom. The molecule has 3 aromatic rings. The Labute approximate surface area is 117 Å². The Hall–Kier alpha value is -2.69. The van der Waals surface area contributed by atoms with Crippen molar-refractivity contribution >= 4 is 28.2 Å². The summed E-state index contributed by atoms with van der Waals surface area (Å²) in [6, 6.07) is 9.98. The molecule has 2 aromatic heterocycles. The van der Waals surface area contributed by atoms with Gasteiger partial charge in [-0.05, 0) is 19.1 Å². The van der Waals surface area contributed by atoms with E-state index >= 15 is 0 Å². The normalized spacial score (nSPS) is 10.4. The van der Waals surface area contributed by atoms with Crippen molar-refractivity contribution in [2.45, 2.75) is 6.92 Å². The second-order valence-corrected chi connectivity index (χ2v) is 4.33. The number of hydrogen-bond acceptors (Lipinski definition) is 5. The molecule has 0 aliphatic rings. The van der Waals surface area contributed by atoms with Gasteiger partial charge in [0.05, 0.1) is 23.6 Å². The summed E-state index contributed by atoms with van der Waals surface area (Å²) >= 11 is 0. The van der Waals surface area contributed by atoms with E-state index in [4.69, 9.17) is 0 Å². The van der Waals surface area contributed by atoms with E-state index in [2.05, 4.69) is 25.6 Å². The van der Waals surface area contributed by atoms with Crippen LogP contribution in [0.1, 0.15) is 6.92 Å². The molecule has 100 valence electrons. The Morgan fingerprint density at radius 3 is 2.80 bits per heavy atom. The number of pyridine rings is 1. The molecule has 0 bridgehead atoms. The van der Waals surface area contributed by atoms with Crippen LogP contribution in [0.4, 0.5) is 17.3 Å². The van der Waals surface area contributed by atoms with Crippen molar-refractivity contribution in [2.24, 2.45) is 0 Å². The first-order chi connectivity index (χ1) is 9.86. The predicted octanol–water partition coefficient (Wildman–Crippen LogP) is 3.20. The second-order valence-electron chi connectivity index (χ2n) is 4.33. The van der Waals surface area contributed by atoms with Crippen molar-refractivity contribution in [1.82, 2.24) is 15.0 Å². The van der Waals surface area contributed by atoms with Crippen LogP contribution in [0.5, 0.6) is 0 Å². The SMILES string of the molecule is CCNc1cncc(Nc2cccc3cccnc23)n1. The molecule has 0 atom stereocenters. The smallest absolute Gasteiger partial charge is 0.151 e. The third-order valence-electron chi connectivity index (χ3n) is 2.89. The molecule has 0 radical (unpaired) electrons. The molecule has 2 N–H and O–H groups in total. The summed E-state index contributed by atoms with van der Waals surface area (Å²) in [4.78, 5) is 13.0. The van der Waals surface area contributed by atoms with E-state index in [0.717, 1.165) is 29.0 Å². The maximum absolute atomic E-state index is 4.45. The lowest BCUT2D eigenvalue weighted by molar-refractivity contribution is 1.12. The number of nitrogens with zero attached hydrogens (tertiary/aromatic N) is 3. The molecule has 0 aliphatic carbocycles. The molecule has 1 aromatic carbocycles. The number of hydrogen-bond donors (Lipinski definition) is 2. The summed E-state index contributed by atoms with van der Waals surface area (Å²) in [6.07, 6.45) is 5.19. The zero-order chi connectivity index (χ0) is 13.8. The van der Waals surface area contributed by atoms with E-state index in [1.54, 1.807) is 18.6 Å². The fraction of sp³-hybridized carbons (Fsp3) is 0.133. The topological polar surface area (TPSA) is 62.7 Å². The lowest BCUT2D eigenvalue weighted by Crippen LogP contribution is -2.02. The Morgan fingerprint density at radius 1 is 1.05 bits per heavy atom. The lowest BCUT2D eigenvalue weighted by atomic mass is 10.2. The van der Waals surface area contributed by atoms with Gasteiger partial charge in [0.15, 0.2) is 5.82 Å². The summed E-state index contributed by atoms with van der Waals surface area (Å²) in [5, 5.41) is 7.50. The zero-order valence-corrected chi connectivity index (χ0v) is 11.2. The van der Waals surface area contributed by atoms with Gasteiger partial charge in [0.25, 0.3) is 0 Å². The number of benzene rings is 1. The highest BCUT2D eigenvalue weighted by molar-refractivity contribution is 5.91. The molecule has 0 fully saturated rings. The van der Waals surface area contributed by atoms with E-state index in [1.807, 2.05) is 37.3 Å². The van der Waals surface area contributed by atoms with Crippen LogP contribution in [-0.2, 0) is 0 Å². The highest BCUT2D eigenvalue weighted by Crippen LogP contribution is 2.23. The van der Waals surface area contributed by atoms with Crippen LogP contribution in [-0.4, -0.2) is 21.5 Å². The van der Waals surface area contributed by atoms with Crippen molar-refractivity contribution in [3.8, 4) is 0 Å². The van der Waals surface area contributed by atoms with Crippen molar-refractivity contribution in [3.63, 3.8) is 0 Å². The van der Waals surface area contributed by atoms with E-state index in [-0.39, 0.29) is 0 Å². The summed E-state index contributed by atoms with van der Waals surface area (Å²) in [7, 11) is 0. The molecule has 5 heteroatoms. The van der Waals surface area contributed by atoms with Gasteiger partial charge in [-0.15, -0.1) is 0 Å². The summed E-state index contributed by atoms with van der Waals surface area (Å²) < 4.78 is 0. The first-order valence-corrected chi connectivity index (χ1v) is 6.53. The molecule has 3 rings (SSSR count). The molecule has 0 amide bonds. The summed E-state index contributed by atoms with van der Waals surface area (Å²) in [5.74, 6) is 1.45. The average Bonchev–Trinajstić information content (AvgIpc) is 2.48. The Balaban J connectivity index is 1.95. The first kappa shape index (κ1) is 12.3. The van der Waals surface area contributed by atoms with E-state index in [1.165, 1.54) is 0 Å². The van der Waals surface area contributed by atoms with Crippen molar-refractivity contribution in [1.29, 1.82) is 0 Å². The molecule has 0 aliphatic heterocycles. The summed E-state index contributed by atoms with van der Waals surface area (Å²) in [6.45, 7) is 2.84. The van der Waals surface area contributed by atoms with Gasteiger partial charge in [-0.3, -0.25) is 9.97 Å². The fourth-order valence-corrected chi connectivity index (χ4v) is 2.04.